The van der Waals surface area contributed by atoms with E-state index < -0.39 is 28.5 Å². The number of carbonyl (C=O) groups excluding carboxylic acids is 2. The maximum Gasteiger partial charge on any atom is 0.264 e. The van der Waals surface area contributed by atoms with E-state index in [2.05, 4.69) is 5.32 Å². The van der Waals surface area contributed by atoms with Gasteiger partial charge in [0.1, 0.15) is 12.6 Å². The monoisotopic (exact) mass is 595 g/mol. The van der Waals surface area contributed by atoms with Crippen LogP contribution in [0.25, 0.3) is 0 Å². The third-order valence-electron chi connectivity index (χ3n) is 5.81. The first kappa shape index (κ1) is 29.8. The van der Waals surface area contributed by atoms with E-state index in [4.69, 9.17) is 34.8 Å². The third-order valence-corrected chi connectivity index (χ3v) is 8.54. The Morgan fingerprint density at radius 3 is 2.16 bits per heavy atom. The van der Waals surface area contributed by atoms with E-state index in [1.54, 1.807) is 61.5 Å². The van der Waals surface area contributed by atoms with Crippen LogP contribution in [0.3, 0.4) is 0 Å². The van der Waals surface area contributed by atoms with Crippen LogP contribution >= 0.6 is 34.8 Å². The summed E-state index contributed by atoms with van der Waals surface area (Å²) in [5.74, 6) is -1.01. The van der Waals surface area contributed by atoms with E-state index in [1.165, 1.54) is 23.1 Å². The molecule has 0 aliphatic rings. The SMILES string of the molecule is CCCNC(=O)C(C)N(Cc1c(Cl)cccc1Cl)C(=O)CN(c1cccc(Cl)c1)S(=O)(=O)c1ccccc1. The molecule has 2 amide bonds. The first-order chi connectivity index (χ1) is 18.1. The van der Waals surface area contributed by atoms with Gasteiger partial charge in [-0.1, -0.05) is 72.1 Å². The van der Waals surface area contributed by atoms with Crippen molar-refractivity contribution in [3.63, 3.8) is 0 Å². The molecule has 1 unspecified atom stereocenters. The lowest BCUT2D eigenvalue weighted by Crippen LogP contribution is -2.51. The van der Waals surface area contributed by atoms with E-state index in [1.807, 2.05) is 6.92 Å². The fraction of sp³-hybridized carbons (Fsp3) is 0.259. The molecule has 0 heterocycles. The van der Waals surface area contributed by atoms with Crippen LogP contribution in [0.1, 0.15) is 25.8 Å². The molecule has 11 heteroatoms. The van der Waals surface area contributed by atoms with Gasteiger partial charge in [-0.25, -0.2) is 8.42 Å². The molecule has 1 atom stereocenters. The highest BCUT2D eigenvalue weighted by molar-refractivity contribution is 7.92. The van der Waals surface area contributed by atoms with Crippen LogP contribution in [-0.4, -0.2) is 44.3 Å². The first-order valence-corrected chi connectivity index (χ1v) is 14.5. The van der Waals surface area contributed by atoms with E-state index in [9.17, 15) is 18.0 Å². The van der Waals surface area contributed by atoms with Crippen LogP contribution in [0, 0.1) is 0 Å². The molecule has 202 valence electrons. The number of sulfonamides is 1. The molecule has 38 heavy (non-hydrogen) atoms. The number of benzene rings is 3. The molecule has 3 aromatic rings. The molecule has 0 radical (unpaired) electrons. The van der Waals surface area contributed by atoms with Crippen molar-refractivity contribution in [2.24, 2.45) is 0 Å². The number of anilines is 1. The predicted octanol–water partition coefficient (Wildman–Crippen LogP) is 5.79. The minimum absolute atomic E-state index is 0.00205. The molecule has 0 aliphatic carbocycles. The number of rotatable bonds is 11. The van der Waals surface area contributed by atoms with E-state index in [0.29, 0.717) is 33.6 Å². The van der Waals surface area contributed by atoms with Gasteiger partial charge >= 0.3 is 0 Å². The maximum absolute atomic E-state index is 13.9. The van der Waals surface area contributed by atoms with Crippen molar-refractivity contribution in [2.45, 2.75) is 37.8 Å². The van der Waals surface area contributed by atoms with Crippen LogP contribution in [0.2, 0.25) is 15.1 Å². The quantitative estimate of drug-likeness (QED) is 0.304. The number of hydrogen-bond acceptors (Lipinski definition) is 4. The maximum atomic E-state index is 13.9. The number of halogens is 3. The van der Waals surface area contributed by atoms with Gasteiger partial charge in [0.15, 0.2) is 0 Å². The zero-order valence-corrected chi connectivity index (χ0v) is 24.0. The lowest BCUT2D eigenvalue weighted by atomic mass is 10.1. The summed E-state index contributed by atoms with van der Waals surface area (Å²) in [6, 6.07) is 18.0. The number of nitrogens with zero attached hydrogens (tertiary/aromatic N) is 2. The highest BCUT2D eigenvalue weighted by Gasteiger charge is 2.33. The second-order valence-corrected chi connectivity index (χ2v) is 11.6. The molecule has 0 fully saturated rings. The number of amides is 2. The predicted molar refractivity (Wildman–Crippen MR) is 152 cm³/mol. The van der Waals surface area contributed by atoms with Gasteiger partial charge in [-0.3, -0.25) is 13.9 Å². The molecule has 0 aromatic heterocycles. The Balaban J connectivity index is 2.05. The van der Waals surface area contributed by atoms with Crippen molar-refractivity contribution in [3.8, 4) is 0 Å². The minimum atomic E-state index is -4.17. The first-order valence-electron chi connectivity index (χ1n) is 11.9. The Bertz CT molecular complexity index is 1370. The number of nitrogens with one attached hydrogen (secondary N) is 1. The summed E-state index contributed by atoms with van der Waals surface area (Å²) < 4.78 is 28.4. The van der Waals surface area contributed by atoms with E-state index in [-0.39, 0.29) is 23.0 Å². The van der Waals surface area contributed by atoms with Crippen LogP contribution in [-0.2, 0) is 26.2 Å². The molecular formula is C27H28Cl3N3O4S. The molecule has 0 spiro atoms. The van der Waals surface area contributed by atoms with Crippen LogP contribution in [0.5, 0.6) is 0 Å². The van der Waals surface area contributed by atoms with Gasteiger partial charge in [0.2, 0.25) is 11.8 Å². The third kappa shape index (κ3) is 7.20. The second-order valence-electron chi connectivity index (χ2n) is 8.49. The smallest absolute Gasteiger partial charge is 0.264 e. The lowest BCUT2D eigenvalue weighted by Gasteiger charge is -2.32. The molecular weight excluding hydrogens is 569 g/mol. The van der Waals surface area contributed by atoms with Gasteiger partial charge < -0.3 is 10.2 Å². The number of hydrogen-bond donors (Lipinski definition) is 1. The average molecular weight is 597 g/mol. The lowest BCUT2D eigenvalue weighted by molar-refractivity contribution is -0.139. The Morgan fingerprint density at radius 2 is 1.55 bits per heavy atom. The second kappa shape index (κ2) is 13.3. The van der Waals surface area contributed by atoms with Crippen LogP contribution < -0.4 is 9.62 Å². The zero-order chi connectivity index (χ0) is 27.9. The molecule has 0 aliphatic heterocycles. The van der Waals surface area contributed by atoms with Gasteiger partial charge in [0.05, 0.1) is 10.6 Å². The Morgan fingerprint density at radius 1 is 0.921 bits per heavy atom. The zero-order valence-electron chi connectivity index (χ0n) is 20.9. The van der Waals surface area contributed by atoms with Gasteiger partial charge in [0, 0.05) is 33.7 Å². The Labute approximate surface area is 238 Å². The van der Waals surface area contributed by atoms with E-state index >= 15 is 0 Å². The van der Waals surface area contributed by atoms with Crippen molar-refractivity contribution in [1.82, 2.24) is 10.2 Å². The van der Waals surface area contributed by atoms with Gasteiger partial charge in [-0.15, -0.1) is 0 Å². The summed E-state index contributed by atoms with van der Waals surface area (Å²) in [6.07, 6.45) is 0.709. The summed E-state index contributed by atoms with van der Waals surface area (Å²) in [4.78, 5) is 28.0. The van der Waals surface area contributed by atoms with Gasteiger partial charge in [0.25, 0.3) is 10.0 Å². The van der Waals surface area contributed by atoms with Crippen LogP contribution in [0.4, 0.5) is 5.69 Å². The Kier molecular flexibility index (Phi) is 10.4. The molecule has 0 bridgehead atoms. The summed E-state index contributed by atoms with van der Waals surface area (Å²) in [5, 5.41) is 3.72. The fourth-order valence-corrected chi connectivity index (χ4v) is 5.84. The van der Waals surface area contributed by atoms with Crippen molar-refractivity contribution >= 4 is 62.3 Å². The number of carbonyl (C=O) groups is 2. The molecule has 3 aromatic carbocycles. The highest BCUT2D eigenvalue weighted by atomic mass is 35.5. The summed E-state index contributed by atoms with van der Waals surface area (Å²) >= 11 is 18.9. The fourth-order valence-electron chi connectivity index (χ4n) is 3.71. The van der Waals surface area contributed by atoms with Gasteiger partial charge in [-0.2, -0.15) is 0 Å². The largest absolute Gasteiger partial charge is 0.354 e. The van der Waals surface area contributed by atoms with Crippen molar-refractivity contribution in [3.05, 3.63) is 93.4 Å². The minimum Gasteiger partial charge on any atom is -0.354 e. The summed E-state index contributed by atoms with van der Waals surface area (Å²) in [7, 11) is -4.17. The van der Waals surface area contributed by atoms with E-state index in [0.717, 1.165) is 4.31 Å². The van der Waals surface area contributed by atoms with Gasteiger partial charge in [-0.05, 0) is 55.8 Å². The molecule has 7 nitrogen and oxygen atoms in total. The Hall–Kier alpha value is -2.78. The van der Waals surface area contributed by atoms with Crippen molar-refractivity contribution < 1.29 is 18.0 Å². The summed E-state index contributed by atoms with van der Waals surface area (Å²) in [6.45, 7) is 3.21. The standard InChI is InChI=1S/C27H28Cl3N3O4S/c1-3-15-31-27(35)19(2)32(17-23-24(29)13-8-14-25(23)30)26(34)18-33(21-10-7-9-20(28)16-21)38(36,37)22-11-5-4-6-12-22/h4-14,16,19H,3,15,17-18H2,1-2H3,(H,31,35). The molecule has 0 saturated heterocycles. The van der Waals surface area contributed by atoms with Crippen molar-refractivity contribution in [1.29, 1.82) is 0 Å². The normalized spacial score (nSPS) is 12.0. The molecule has 3 rings (SSSR count). The molecule has 1 N–H and O–H groups in total. The summed E-state index contributed by atoms with van der Waals surface area (Å²) in [5.41, 5.74) is 0.646. The topological polar surface area (TPSA) is 86.8 Å². The van der Waals surface area contributed by atoms with Crippen molar-refractivity contribution in [2.75, 3.05) is 17.4 Å². The highest BCUT2D eigenvalue weighted by Crippen LogP contribution is 2.29. The average Bonchev–Trinajstić information content (AvgIpc) is 2.90. The van der Waals surface area contributed by atoms with Crippen LogP contribution in [0.15, 0.2) is 77.7 Å². The molecule has 0 saturated carbocycles.